The van der Waals surface area contributed by atoms with Crippen LogP contribution >= 0.6 is 15.9 Å². The Bertz CT molecular complexity index is 1000. The van der Waals surface area contributed by atoms with Gasteiger partial charge in [-0.15, -0.1) is 10.2 Å². The van der Waals surface area contributed by atoms with E-state index < -0.39 is 0 Å². The molecule has 0 radical (unpaired) electrons. The minimum Gasteiger partial charge on any atom is -0.355 e. The van der Waals surface area contributed by atoms with E-state index >= 15 is 0 Å². The lowest BCUT2D eigenvalue weighted by Gasteiger charge is -2.36. The first-order valence-corrected chi connectivity index (χ1v) is 12.6. The number of piperidine rings is 1. The molecule has 0 N–H and O–H groups in total. The summed E-state index contributed by atoms with van der Waals surface area (Å²) in [5.41, 5.74) is 0.834. The third-order valence-electron chi connectivity index (χ3n) is 6.83. The summed E-state index contributed by atoms with van der Waals surface area (Å²) < 4.78 is 0.922. The van der Waals surface area contributed by atoms with Gasteiger partial charge in [0.05, 0.1) is 5.92 Å². The molecule has 8 nitrogen and oxygen atoms in total. The number of aromatic nitrogens is 2. The van der Waals surface area contributed by atoms with Crippen molar-refractivity contribution in [3.8, 4) is 0 Å². The molecule has 0 aliphatic carbocycles. The molecule has 174 valence electrons. The Labute approximate surface area is 202 Å². The number of hydrogen-bond acceptors (Lipinski definition) is 6. The minimum absolute atomic E-state index is 0.00848. The van der Waals surface area contributed by atoms with E-state index in [-0.39, 0.29) is 24.2 Å². The maximum absolute atomic E-state index is 13.1. The topological polar surface area (TPSA) is 72.9 Å². The van der Waals surface area contributed by atoms with E-state index in [2.05, 4.69) is 42.0 Å². The highest BCUT2D eigenvalue weighted by Gasteiger charge is 2.38. The fraction of sp³-hybridized carbons (Fsp3) is 0.500. The lowest BCUT2D eigenvalue weighted by Crippen LogP contribution is -2.51. The number of anilines is 3. The molecule has 0 saturated carbocycles. The van der Waals surface area contributed by atoms with Gasteiger partial charge in [0.1, 0.15) is 0 Å². The van der Waals surface area contributed by atoms with Crippen LogP contribution in [-0.2, 0) is 9.59 Å². The minimum atomic E-state index is -0.286. The average Bonchev–Trinajstić information content (AvgIpc) is 3.26. The van der Waals surface area contributed by atoms with Gasteiger partial charge in [-0.1, -0.05) is 22.0 Å². The van der Waals surface area contributed by atoms with Crippen molar-refractivity contribution >= 4 is 45.1 Å². The highest BCUT2D eigenvalue weighted by molar-refractivity contribution is 9.10. The van der Waals surface area contributed by atoms with E-state index in [0.717, 1.165) is 48.0 Å². The first kappa shape index (κ1) is 22.1. The summed E-state index contributed by atoms with van der Waals surface area (Å²) in [6, 6.07) is 11.8. The number of amides is 2. The van der Waals surface area contributed by atoms with Gasteiger partial charge < -0.3 is 19.6 Å². The van der Waals surface area contributed by atoms with Crippen LogP contribution in [-0.4, -0.2) is 72.7 Å². The van der Waals surface area contributed by atoms with E-state index in [0.29, 0.717) is 19.6 Å². The van der Waals surface area contributed by atoms with Gasteiger partial charge >= 0.3 is 0 Å². The lowest BCUT2D eigenvalue weighted by atomic mass is 10.1. The molecule has 0 spiro atoms. The van der Waals surface area contributed by atoms with Crippen LogP contribution in [0.4, 0.5) is 17.3 Å². The Kier molecular flexibility index (Phi) is 6.48. The summed E-state index contributed by atoms with van der Waals surface area (Å²) in [5.74, 6) is 1.61. The number of piperazine rings is 1. The van der Waals surface area contributed by atoms with Crippen molar-refractivity contribution in [3.05, 3.63) is 40.9 Å². The summed E-state index contributed by atoms with van der Waals surface area (Å²) in [4.78, 5) is 33.8. The molecule has 3 aliphatic heterocycles. The Hall–Kier alpha value is -2.68. The predicted molar refractivity (Wildman–Crippen MR) is 131 cm³/mol. The molecule has 4 heterocycles. The number of hydrogen-bond donors (Lipinski definition) is 0. The van der Waals surface area contributed by atoms with E-state index in [1.807, 2.05) is 35.2 Å². The van der Waals surface area contributed by atoms with Crippen LogP contribution in [0.15, 0.2) is 40.9 Å². The second kappa shape index (κ2) is 9.67. The van der Waals surface area contributed by atoms with Gasteiger partial charge in [-0.2, -0.15) is 0 Å². The monoisotopic (exact) mass is 512 g/mol. The predicted octanol–water partition coefficient (Wildman–Crippen LogP) is 2.93. The second-order valence-corrected chi connectivity index (χ2v) is 9.91. The third-order valence-corrected chi connectivity index (χ3v) is 7.32. The molecule has 33 heavy (non-hydrogen) atoms. The molecule has 0 bridgehead atoms. The van der Waals surface area contributed by atoms with Gasteiger partial charge in [-0.3, -0.25) is 9.59 Å². The molecule has 1 atom stereocenters. The standard InChI is InChI=1S/C24H29BrN6O2/c25-19-5-4-6-20(16-19)31-17-18(15-23(31)32)24(33)30-13-11-29(12-14-30)22-8-7-21(26-27-22)28-9-2-1-3-10-28/h4-8,16,18H,1-3,9-15,17H2. The summed E-state index contributed by atoms with van der Waals surface area (Å²) in [5, 5.41) is 8.91. The van der Waals surface area contributed by atoms with Crippen LogP contribution in [0.5, 0.6) is 0 Å². The van der Waals surface area contributed by atoms with Crippen molar-refractivity contribution in [2.45, 2.75) is 25.7 Å². The van der Waals surface area contributed by atoms with Crippen molar-refractivity contribution in [2.75, 3.05) is 60.5 Å². The zero-order chi connectivity index (χ0) is 22.8. The normalized spacial score (nSPS) is 21.6. The first-order chi connectivity index (χ1) is 16.1. The molecule has 1 aromatic heterocycles. The molecule has 5 rings (SSSR count). The highest BCUT2D eigenvalue weighted by atomic mass is 79.9. The fourth-order valence-electron chi connectivity index (χ4n) is 4.96. The van der Waals surface area contributed by atoms with E-state index in [4.69, 9.17) is 0 Å². The number of carbonyl (C=O) groups excluding carboxylic acids is 2. The van der Waals surface area contributed by atoms with Gasteiger partial charge in [0.15, 0.2) is 11.6 Å². The molecule has 1 aromatic carbocycles. The van der Waals surface area contributed by atoms with Gasteiger partial charge in [0.25, 0.3) is 0 Å². The van der Waals surface area contributed by atoms with Crippen LogP contribution in [0.1, 0.15) is 25.7 Å². The largest absolute Gasteiger partial charge is 0.355 e. The zero-order valence-electron chi connectivity index (χ0n) is 18.7. The zero-order valence-corrected chi connectivity index (χ0v) is 20.3. The molecule has 3 aliphatic rings. The third kappa shape index (κ3) is 4.83. The van der Waals surface area contributed by atoms with Crippen LogP contribution in [0.3, 0.4) is 0 Å². The van der Waals surface area contributed by atoms with Crippen molar-refractivity contribution in [1.82, 2.24) is 15.1 Å². The van der Waals surface area contributed by atoms with Crippen LogP contribution < -0.4 is 14.7 Å². The molecule has 1 unspecified atom stereocenters. The number of halogens is 1. The average molecular weight is 513 g/mol. The van der Waals surface area contributed by atoms with Gasteiger partial charge in [0, 0.05) is 62.4 Å². The van der Waals surface area contributed by atoms with Gasteiger partial charge in [-0.05, 0) is 49.6 Å². The second-order valence-electron chi connectivity index (χ2n) is 9.00. The summed E-state index contributed by atoms with van der Waals surface area (Å²) in [6.07, 6.45) is 4.00. The van der Waals surface area contributed by atoms with Crippen molar-refractivity contribution in [3.63, 3.8) is 0 Å². The van der Waals surface area contributed by atoms with E-state index in [1.165, 1.54) is 19.3 Å². The van der Waals surface area contributed by atoms with E-state index in [9.17, 15) is 9.59 Å². The molecular formula is C24H29BrN6O2. The Morgan fingerprint density at radius 3 is 2.18 bits per heavy atom. The first-order valence-electron chi connectivity index (χ1n) is 11.8. The molecular weight excluding hydrogens is 484 g/mol. The number of carbonyl (C=O) groups is 2. The molecule has 9 heteroatoms. The van der Waals surface area contributed by atoms with Crippen LogP contribution in [0.2, 0.25) is 0 Å². The maximum Gasteiger partial charge on any atom is 0.228 e. The molecule has 3 fully saturated rings. The number of nitrogens with zero attached hydrogens (tertiary/aromatic N) is 6. The Morgan fingerprint density at radius 1 is 0.879 bits per heavy atom. The van der Waals surface area contributed by atoms with Crippen LogP contribution in [0, 0.1) is 5.92 Å². The van der Waals surface area contributed by atoms with Crippen molar-refractivity contribution in [2.24, 2.45) is 5.92 Å². The molecule has 3 saturated heterocycles. The summed E-state index contributed by atoms with van der Waals surface area (Å²) >= 11 is 3.45. The van der Waals surface area contributed by atoms with Gasteiger partial charge in [0.2, 0.25) is 11.8 Å². The molecule has 2 amide bonds. The fourth-order valence-corrected chi connectivity index (χ4v) is 5.35. The van der Waals surface area contributed by atoms with E-state index in [1.54, 1.807) is 4.90 Å². The highest BCUT2D eigenvalue weighted by Crippen LogP contribution is 2.29. The smallest absolute Gasteiger partial charge is 0.228 e. The maximum atomic E-state index is 13.1. The Morgan fingerprint density at radius 2 is 1.55 bits per heavy atom. The van der Waals surface area contributed by atoms with Crippen LogP contribution in [0.25, 0.3) is 0 Å². The lowest BCUT2D eigenvalue weighted by molar-refractivity contribution is -0.136. The quantitative estimate of drug-likeness (QED) is 0.626. The summed E-state index contributed by atoms with van der Waals surface area (Å²) in [6.45, 7) is 5.26. The molecule has 2 aromatic rings. The number of benzene rings is 1. The van der Waals surface area contributed by atoms with Crippen molar-refractivity contribution in [1.29, 1.82) is 0 Å². The summed E-state index contributed by atoms with van der Waals surface area (Å²) in [7, 11) is 0. The van der Waals surface area contributed by atoms with Crippen molar-refractivity contribution < 1.29 is 9.59 Å². The van der Waals surface area contributed by atoms with Gasteiger partial charge in [-0.25, -0.2) is 0 Å². The Balaban J connectivity index is 1.16. The number of rotatable bonds is 4. The SMILES string of the molecule is O=C(C1CC(=O)N(c2cccc(Br)c2)C1)N1CCN(c2ccc(N3CCCCC3)nn2)CC1.